The molecule has 6 heteroatoms. The Hall–Kier alpha value is -2.86. The van der Waals surface area contributed by atoms with Gasteiger partial charge in [0.1, 0.15) is 23.9 Å². The highest BCUT2D eigenvalue weighted by molar-refractivity contribution is 5.64. The molecule has 1 N–H and O–H groups in total. The van der Waals surface area contributed by atoms with Gasteiger partial charge in [-0.3, -0.25) is 0 Å². The van der Waals surface area contributed by atoms with Crippen LogP contribution in [-0.2, 0) is 12.0 Å². The molecular weight excluding hydrogens is 372 g/mol. The van der Waals surface area contributed by atoms with Crippen molar-refractivity contribution in [3.8, 4) is 28.7 Å². The van der Waals surface area contributed by atoms with E-state index in [0.717, 1.165) is 11.1 Å². The molecule has 0 spiro atoms. The van der Waals surface area contributed by atoms with Crippen LogP contribution in [0.25, 0.3) is 0 Å². The van der Waals surface area contributed by atoms with Crippen LogP contribution in [0.1, 0.15) is 36.6 Å². The number of ether oxygens (including phenoxy) is 5. The minimum atomic E-state index is -1.32. The Morgan fingerprint density at radius 1 is 1.17 bits per heavy atom. The molecule has 2 aliphatic rings. The summed E-state index contributed by atoms with van der Waals surface area (Å²) in [5.74, 6) is 3.14. The molecule has 2 aromatic carbocycles. The van der Waals surface area contributed by atoms with Crippen LogP contribution < -0.4 is 23.7 Å². The van der Waals surface area contributed by atoms with Crippen molar-refractivity contribution in [3.05, 3.63) is 52.6 Å². The zero-order valence-corrected chi connectivity index (χ0v) is 17.4. The number of allylic oxidation sites excluding steroid dienone is 2. The van der Waals surface area contributed by atoms with E-state index in [9.17, 15) is 5.11 Å². The molecule has 2 aromatic rings. The van der Waals surface area contributed by atoms with Crippen LogP contribution >= 0.6 is 0 Å². The van der Waals surface area contributed by atoms with E-state index >= 15 is 0 Å². The first-order chi connectivity index (χ1) is 13.9. The van der Waals surface area contributed by atoms with Crippen LogP contribution in [0.2, 0.25) is 0 Å². The summed E-state index contributed by atoms with van der Waals surface area (Å²) in [7, 11) is 4.81. The largest absolute Gasteiger partial charge is 0.497 e. The SMILES string of the molecule is COc1ccc2c(c1)OC[C@]1(O)c3cc(OC)c(OC)c(CC=C(C)C)c3O[C@H]21. The molecule has 0 amide bonds. The first kappa shape index (κ1) is 19.5. The summed E-state index contributed by atoms with van der Waals surface area (Å²) in [6.45, 7) is 4.15. The number of aliphatic hydroxyl groups is 1. The average Bonchev–Trinajstić information content (AvgIpc) is 3.03. The predicted octanol–water partition coefficient (Wildman–Crippen LogP) is 3.93. The zero-order valence-electron chi connectivity index (χ0n) is 17.4. The minimum Gasteiger partial charge on any atom is -0.497 e. The van der Waals surface area contributed by atoms with Crippen LogP contribution in [0.3, 0.4) is 0 Å². The number of hydrogen-bond acceptors (Lipinski definition) is 6. The van der Waals surface area contributed by atoms with Gasteiger partial charge in [0.25, 0.3) is 0 Å². The Balaban J connectivity index is 1.88. The average molecular weight is 398 g/mol. The Labute approximate surface area is 170 Å². The van der Waals surface area contributed by atoms with Gasteiger partial charge in [0.05, 0.1) is 21.3 Å². The second-order valence-electron chi connectivity index (χ2n) is 7.57. The molecule has 4 rings (SSSR count). The normalized spacial score (nSPS) is 21.1. The Bertz CT molecular complexity index is 976. The summed E-state index contributed by atoms with van der Waals surface area (Å²) in [5.41, 5.74) is 2.14. The molecule has 2 aliphatic heterocycles. The molecule has 0 bridgehead atoms. The third kappa shape index (κ3) is 2.99. The van der Waals surface area contributed by atoms with Crippen molar-refractivity contribution in [2.75, 3.05) is 27.9 Å². The molecule has 2 heterocycles. The van der Waals surface area contributed by atoms with Crippen molar-refractivity contribution in [2.24, 2.45) is 0 Å². The molecule has 0 radical (unpaired) electrons. The van der Waals surface area contributed by atoms with E-state index < -0.39 is 11.7 Å². The Morgan fingerprint density at radius 2 is 1.97 bits per heavy atom. The molecule has 2 atom stereocenters. The van der Waals surface area contributed by atoms with Crippen molar-refractivity contribution in [2.45, 2.75) is 32.0 Å². The van der Waals surface area contributed by atoms with Gasteiger partial charge < -0.3 is 28.8 Å². The lowest BCUT2D eigenvalue weighted by Crippen LogP contribution is -2.41. The van der Waals surface area contributed by atoms with E-state index in [-0.39, 0.29) is 6.61 Å². The number of rotatable bonds is 5. The van der Waals surface area contributed by atoms with E-state index in [1.165, 1.54) is 5.57 Å². The van der Waals surface area contributed by atoms with Gasteiger partial charge in [0, 0.05) is 22.8 Å². The van der Waals surface area contributed by atoms with Gasteiger partial charge in [0.15, 0.2) is 23.2 Å². The van der Waals surface area contributed by atoms with E-state index in [0.29, 0.717) is 40.7 Å². The van der Waals surface area contributed by atoms with Gasteiger partial charge in [-0.1, -0.05) is 11.6 Å². The van der Waals surface area contributed by atoms with Crippen LogP contribution in [-0.4, -0.2) is 33.0 Å². The van der Waals surface area contributed by atoms with E-state index in [1.54, 1.807) is 27.4 Å². The van der Waals surface area contributed by atoms with E-state index in [1.807, 2.05) is 32.0 Å². The molecule has 0 aliphatic carbocycles. The first-order valence-electron chi connectivity index (χ1n) is 9.54. The van der Waals surface area contributed by atoms with Crippen LogP contribution in [0.15, 0.2) is 35.9 Å². The fraction of sp³-hybridized carbons (Fsp3) is 0.391. The van der Waals surface area contributed by atoms with Gasteiger partial charge in [0.2, 0.25) is 0 Å². The van der Waals surface area contributed by atoms with Gasteiger partial charge in [-0.05, 0) is 38.5 Å². The summed E-state index contributed by atoms with van der Waals surface area (Å²) >= 11 is 0. The minimum absolute atomic E-state index is 0.0718. The number of methoxy groups -OCH3 is 3. The maximum atomic E-state index is 11.6. The molecule has 0 saturated carbocycles. The van der Waals surface area contributed by atoms with Crippen LogP contribution in [0.4, 0.5) is 0 Å². The summed E-state index contributed by atoms with van der Waals surface area (Å²) < 4.78 is 28.8. The molecule has 0 unspecified atom stereocenters. The van der Waals surface area contributed by atoms with Crippen LogP contribution in [0.5, 0.6) is 28.7 Å². The van der Waals surface area contributed by atoms with Crippen LogP contribution in [0, 0.1) is 0 Å². The highest BCUT2D eigenvalue weighted by Gasteiger charge is 2.54. The van der Waals surface area contributed by atoms with Crippen molar-refractivity contribution in [3.63, 3.8) is 0 Å². The Kier molecular flexibility index (Phi) is 4.82. The van der Waals surface area contributed by atoms with Gasteiger partial charge in [-0.15, -0.1) is 0 Å². The smallest absolute Gasteiger partial charge is 0.168 e. The molecule has 0 fully saturated rings. The summed E-state index contributed by atoms with van der Waals surface area (Å²) in [6.07, 6.45) is 2.11. The molecule has 0 saturated heterocycles. The predicted molar refractivity (Wildman–Crippen MR) is 108 cm³/mol. The zero-order chi connectivity index (χ0) is 20.8. The maximum Gasteiger partial charge on any atom is 0.168 e. The van der Waals surface area contributed by atoms with Crippen molar-refractivity contribution in [1.29, 1.82) is 0 Å². The fourth-order valence-corrected chi connectivity index (χ4v) is 4.00. The van der Waals surface area contributed by atoms with E-state index in [2.05, 4.69) is 6.08 Å². The van der Waals surface area contributed by atoms with Gasteiger partial charge in [-0.2, -0.15) is 0 Å². The summed E-state index contributed by atoms with van der Waals surface area (Å²) in [4.78, 5) is 0. The number of hydrogen-bond donors (Lipinski definition) is 1. The first-order valence-corrected chi connectivity index (χ1v) is 9.54. The van der Waals surface area contributed by atoms with Crippen molar-refractivity contribution >= 4 is 0 Å². The maximum absolute atomic E-state index is 11.6. The lowest BCUT2D eigenvalue weighted by molar-refractivity contribution is -0.0865. The highest BCUT2D eigenvalue weighted by atomic mass is 16.5. The monoisotopic (exact) mass is 398 g/mol. The number of fused-ring (bicyclic) bond motifs is 5. The van der Waals surface area contributed by atoms with Crippen molar-refractivity contribution < 1.29 is 28.8 Å². The topological polar surface area (TPSA) is 66.4 Å². The quantitative estimate of drug-likeness (QED) is 0.770. The molecular formula is C23H26O6. The summed E-state index contributed by atoms with van der Waals surface area (Å²) in [6, 6.07) is 7.31. The lowest BCUT2D eigenvalue weighted by atomic mass is 9.84. The van der Waals surface area contributed by atoms with Gasteiger partial charge in [-0.25, -0.2) is 0 Å². The molecule has 29 heavy (non-hydrogen) atoms. The molecule has 6 nitrogen and oxygen atoms in total. The standard InChI is InChI=1S/C23H26O6/c1-13(2)6-8-16-20-17(11-19(26-4)21(16)27-5)23(24)12-28-18-10-14(25-3)7-9-15(18)22(23)29-20/h6-7,9-11,22,24H,8,12H2,1-5H3/t22-,23+/m1/s1. The second kappa shape index (κ2) is 7.19. The summed E-state index contributed by atoms with van der Waals surface area (Å²) in [5, 5.41) is 11.6. The Morgan fingerprint density at radius 3 is 2.62 bits per heavy atom. The second-order valence-corrected chi connectivity index (χ2v) is 7.57. The fourth-order valence-electron chi connectivity index (χ4n) is 4.00. The number of benzene rings is 2. The molecule has 0 aromatic heterocycles. The van der Waals surface area contributed by atoms with Gasteiger partial charge >= 0.3 is 0 Å². The highest BCUT2D eigenvalue weighted by Crippen LogP contribution is 2.58. The van der Waals surface area contributed by atoms with E-state index in [4.69, 9.17) is 23.7 Å². The third-order valence-corrected chi connectivity index (χ3v) is 5.52. The third-order valence-electron chi connectivity index (χ3n) is 5.52. The molecule has 154 valence electrons. The van der Waals surface area contributed by atoms with Crippen molar-refractivity contribution in [1.82, 2.24) is 0 Å². The lowest BCUT2D eigenvalue weighted by Gasteiger charge is -2.34.